The topological polar surface area (TPSA) is 95.0 Å². The van der Waals surface area contributed by atoms with E-state index in [1.165, 1.54) is 23.3 Å². The number of ether oxygens (including phenoxy) is 3. The van der Waals surface area contributed by atoms with Crippen LogP contribution >= 0.6 is 22.9 Å². The highest BCUT2D eigenvalue weighted by atomic mass is 35.5. The van der Waals surface area contributed by atoms with E-state index in [9.17, 15) is 14.4 Å². The van der Waals surface area contributed by atoms with Crippen molar-refractivity contribution in [3.63, 3.8) is 0 Å². The molecule has 2 aromatic rings. The maximum Gasteiger partial charge on any atom is 0.332 e. The van der Waals surface area contributed by atoms with Gasteiger partial charge >= 0.3 is 11.9 Å². The van der Waals surface area contributed by atoms with Gasteiger partial charge in [0, 0.05) is 16.6 Å². The van der Waals surface area contributed by atoms with Crippen molar-refractivity contribution in [1.29, 1.82) is 0 Å². The SMILES string of the molecule is COC(=O)[C@H]1C[C@@](CC(C)C)(C(=O)OC(C)(C)C)N(C(=O)c2ccc(C(C)(C)C)c(OC)c2)[C@H]1c1cnc(Cl)s1. The number of nitrogens with zero attached hydrogens (tertiary/aromatic N) is 2. The number of amides is 1. The second kappa shape index (κ2) is 11.7. The maximum atomic E-state index is 14.7. The zero-order chi connectivity index (χ0) is 30.2. The van der Waals surface area contributed by atoms with E-state index in [4.69, 9.17) is 25.8 Å². The Bertz CT molecular complexity index is 1260. The van der Waals surface area contributed by atoms with Crippen LogP contribution in [0, 0.1) is 11.8 Å². The Labute approximate surface area is 246 Å². The summed E-state index contributed by atoms with van der Waals surface area (Å²) in [6.07, 6.45) is 1.87. The lowest BCUT2D eigenvalue weighted by molar-refractivity contribution is -0.168. The van der Waals surface area contributed by atoms with E-state index in [2.05, 4.69) is 25.8 Å². The molecule has 1 aliphatic heterocycles. The van der Waals surface area contributed by atoms with Gasteiger partial charge in [-0.3, -0.25) is 9.59 Å². The second-order valence-electron chi connectivity index (χ2n) is 12.8. The van der Waals surface area contributed by atoms with Crippen molar-refractivity contribution in [2.24, 2.45) is 11.8 Å². The fourth-order valence-corrected chi connectivity index (χ4v) is 6.62. The van der Waals surface area contributed by atoms with Crippen molar-refractivity contribution < 1.29 is 28.6 Å². The number of carbonyl (C=O) groups is 3. The molecule has 0 unspecified atom stereocenters. The quantitative estimate of drug-likeness (QED) is 0.334. The molecular formula is C30H41ClN2O6S. The molecule has 1 fully saturated rings. The summed E-state index contributed by atoms with van der Waals surface area (Å²) in [4.78, 5) is 48.4. The number of likely N-dealkylation sites (tertiary alicyclic amines) is 1. The van der Waals surface area contributed by atoms with Crippen molar-refractivity contribution in [2.75, 3.05) is 14.2 Å². The Morgan fingerprint density at radius 3 is 2.27 bits per heavy atom. The first kappa shape index (κ1) is 31.9. The molecule has 40 heavy (non-hydrogen) atoms. The Kier molecular flexibility index (Phi) is 9.31. The van der Waals surface area contributed by atoms with E-state index >= 15 is 0 Å². The van der Waals surface area contributed by atoms with E-state index in [0.29, 0.717) is 16.2 Å². The predicted octanol–water partition coefficient (Wildman–Crippen LogP) is 6.61. The lowest BCUT2D eigenvalue weighted by Gasteiger charge is -2.41. The number of methoxy groups -OCH3 is 2. The molecule has 0 saturated carbocycles. The summed E-state index contributed by atoms with van der Waals surface area (Å²) in [6.45, 7) is 15.5. The number of halogens is 1. The van der Waals surface area contributed by atoms with E-state index in [1.807, 2.05) is 19.9 Å². The molecule has 2 heterocycles. The molecule has 220 valence electrons. The normalized spacial score (nSPS) is 21.4. The van der Waals surface area contributed by atoms with Crippen LogP contribution in [0.4, 0.5) is 0 Å². The number of esters is 2. The van der Waals surface area contributed by atoms with Crippen LogP contribution < -0.4 is 4.74 Å². The summed E-state index contributed by atoms with van der Waals surface area (Å²) in [6, 6.07) is 4.46. The van der Waals surface area contributed by atoms with Crippen LogP contribution in [0.1, 0.15) is 95.1 Å². The Balaban J connectivity index is 2.32. The minimum absolute atomic E-state index is 0.0114. The van der Waals surface area contributed by atoms with Crippen LogP contribution in [0.5, 0.6) is 5.75 Å². The first-order valence-corrected chi connectivity index (χ1v) is 14.6. The largest absolute Gasteiger partial charge is 0.496 e. The van der Waals surface area contributed by atoms with Crippen LogP contribution in [-0.4, -0.2) is 53.1 Å². The fourth-order valence-electron chi connectivity index (χ4n) is 5.51. The van der Waals surface area contributed by atoms with Crippen LogP contribution in [-0.2, 0) is 24.5 Å². The van der Waals surface area contributed by atoms with Crippen molar-refractivity contribution in [3.8, 4) is 5.75 Å². The van der Waals surface area contributed by atoms with Crippen molar-refractivity contribution in [1.82, 2.24) is 9.88 Å². The molecule has 0 spiro atoms. The van der Waals surface area contributed by atoms with Crippen molar-refractivity contribution in [3.05, 3.63) is 44.9 Å². The number of aromatic nitrogens is 1. The van der Waals surface area contributed by atoms with Crippen LogP contribution in [0.2, 0.25) is 4.47 Å². The molecule has 3 atom stereocenters. The molecule has 1 amide bonds. The van der Waals surface area contributed by atoms with Gasteiger partial charge in [0.15, 0.2) is 4.47 Å². The predicted molar refractivity (Wildman–Crippen MR) is 156 cm³/mol. The molecule has 0 radical (unpaired) electrons. The van der Waals surface area contributed by atoms with Gasteiger partial charge in [-0.2, -0.15) is 0 Å². The fraction of sp³-hybridized carbons (Fsp3) is 0.600. The molecule has 1 aromatic carbocycles. The average Bonchev–Trinajstić information content (AvgIpc) is 3.42. The van der Waals surface area contributed by atoms with E-state index in [1.54, 1.807) is 46.2 Å². The summed E-state index contributed by atoms with van der Waals surface area (Å²) < 4.78 is 17.1. The zero-order valence-corrected chi connectivity index (χ0v) is 26.7. The molecular weight excluding hydrogens is 552 g/mol. The second-order valence-corrected chi connectivity index (χ2v) is 14.4. The number of carbonyl (C=O) groups excluding carboxylic acids is 3. The van der Waals surface area contributed by atoms with Gasteiger partial charge in [-0.25, -0.2) is 9.78 Å². The standard InChI is InChI=1S/C30H41ClN2O6S/c1-17(2)14-30(26(36)39-29(6,7)8)15-19(25(35)38-10)23(22-16-32-27(31)40-22)33(30)24(34)18-11-12-20(28(3,4)5)21(13-18)37-9/h11-13,16-17,19,23H,14-15H2,1-10H3/t19-,23+,30-/m0/s1. The van der Waals surface area contributed by atoms with Crippen LogP contribution in [0.3, 0.4) is 0 Å². The van der Waals surface area contributed by atoms with Gasteiger partial charge in [0.1, 0.15) is 16.9 Å². The Hall–Kier alpha value is -2.65. The molecule has 1 saturated heterocycles. The van der Waals surface area contributed by atoms with E-state index in [0.717, 1.165) is 5.56 Å². The molecule has 1 aliphatic rings. The summed E-state index contributed by atoms with van der Waals surface area (Å²) in [5.74, 6) is -1.80. The monoisotopic (exact) mass is 592 g/mol. The molecule has 10 heteroatoms. The first-order valence-electron chi connectivity index (χ1n) is 13.4. The van der Waals surface area contributed by atoms with E-state index in [-0.39, 0.29) is 28.6 Å². The zero-order valence-electron chi connectivity index (χ0n) is 25.1. The third-order valence-electron chi connectivity index (χ3n) is 6.97. The number of hydrogen-bond donors (Lipinski definition) is 0. The summed E-state index contributed by atoms with van der Waals surface area (Å²) in [7, 11) is 2.87. The maximum absolute atomic E-state index is 14.7. The highest BCUT2D eigenvalue weighted by molar-refractivity contribution is 7.15. The van der Waals surface area contributed by atoms with Crippen LogP contribution in [0.15, 0.2) is 24.4 Å². The summed E-state index contributed by atoms with van der Waals surface area (Å²) in [5, 5.41) is 0. The van der Waals surface area contributed by atoms with Gasteiger partial charge in [-0.05, 0) is 62.6 Å². The smallest absolute Gasteiger partial charge is 0.332 e. The molecule has 0 aliphatic carbocycles. The van der Waals surface area contributed by atoms with Gasteiger partial charge in [-0.15, -0.1) is 11.3 Å². The van der Waals surface area contributed by atoms with Gasteiger partial charge in [0.25, 0.3) is 5.91 Å². The number of hydrogen-bond acceptors (Lipinski definition) is 8. The molecule has 3 rings (SSSR count). The van der Waals surface area contributed by atoms with Gasteiger partial charge in [0.05, 0.1) is 26.2 Å². The van der Waals surface area contributed by atoms with Gasteiger partial charge < -0.3 is 19.1 Å². The average molecular weight is 593 g/mol. The molecule has 0 N–H and O–H groups in total. The molecule has 1 aromatic heterocycles. The highest BCUT2D eigenvalue weighted by Gasteiger charge is 2.62. The minimum Gasteiger partial charge on any atom is -0.496 e. The number of benzene rings is 1. The third kappa shape index (κ3) is 6.46. The summed E-state index contributed by atoms with van der Waals surface area (Å²) in [5.41, 5.74) is -1.23. The minimum atomic E-state index is -1.45. The van der Waals surface area contributed by atoms with Gasteiger partial charge in [-0.1, -0.05) is 52.3 Å². The molecule has 0 bridgehead atoms. The Morgan fingerprint density at radius 1 is 1.15 bits per heavy atom. The first-order chi connectivity index (χ1) is 18.4. The number of thiazole rings is 1. The number of rotatable bonds is 7. The Morgan fingerprint density at radius 2 is 1.80 bits per heavy atom. The van der Waals surface area contributed by atoms with E-state index < -0.39 is 40.9 Å². The third-order valence-corrected chi connectivity index (χ3v) is 8.15. The molecule has 8 nitrogen and oxygen atoms in total. The highest BCUT2D eigenvalue weighted by Crippen LogP contribution is 2.53. The van der Waals surface area contributed by atoms with Crippen molar-refractivity contribution in [2.45, 2.75) is 90.8 Å². The lowest BCUT2D eigenvalue weighted by atomic mass is 9.83. The lowest BCUT2D eigenvalue weighted by Crippen LogP contribution is -2.56. The summed E-state index contributed by atoms with van der Waals surface area (Å²) >= 11 is 7.40. The van der Waals surface area contributed by atoms with Crippen molar-refractivity contribution >= 4 is 40.8 Å². The van der Waals surface area contributed by atoms with Crippen LogP contribution in [0.25, 0.3) is 0 Å². The van der Waals surface area contributed by atoms with Gasteiger partial charge in [0.2, 0.25) is 0 Å².